The van der Waals surface area contributed by atoms with Gasteiger partial charge in [0.15, 0.2) is 0 Å². The highest BCUT2D eigenvalue weighted by Gasteiger charge is 1.96. The average molecular weight is 188 g/mol. The van der Waals surface area contributed by atoms with E-state index in [1.54, 1.807) is 0 Å². The zero-order chi connectivity index (χ0) is 10.4. The van der Waals surface area contributed by atoms with E-state index in [0.29, 0.717) is 5.92 Å². The maximum atomic E-state index is 5.55. The molecule has 0 amide bonds. The van der Waals surface area contributed by atoms with E-state index in [2.05, 4.69) is 19.8 Å². The molecule has 0 N–H and O–H groups in total. The summed E-state index contributed by atoms with van der Waals surface area (Å²) in [5.74, 6) is 4.15. The highest BCUT2D eigenvalue weighted by Crippen LogP contribution is 2.12. The van der Waals surface area contributed by atoms with Gasteiger partial charge in [0.1, 0.15) is 5.75 Å². The second-order valence-corrected chi connectivity index (χ2v) is 3.70. The summed E-state index contributed by atoms with van der Waals surface area (Å²) >= 11 is 0. The van der Waals surface area contributed by atoms with Gasteiger partial charge in [0.2, 0.25) is 0 Å². The maximum Gasteiger partial charge on any atom is 0.119 e. The number of hydrogen-bond acceptors (Lipinski definition) is 1. The zero-order valence-corrected chi connectivity index (χ0v) is 8.79. The van der Waals surface area contributed by atoms with Crippen molar-refractivity contribution < 1.29 is 4.74 Å². The highest BCUT2D eigenvalue weighted by atomic mass is 16.5. The molecule has 1 aromatic carbocycles. The Kier molecular flexibility index (Phi) is 4.07. The predicted octanol–water partition coefficient (Wildman–Crippen LogP) is 3.09. The normalized spacial score (nSPS) is 9.86. The van der Waals surface area contributed by atoms with Crippen molar-refractivity contribution in [3.05, 3.63) is 29.8 Å². The van der Waals surface area contributed by atoms with E-state index < -0.39 is 0 Å². The van der Waals surface area contributed by atoms with E-state index in [1.807, 2.05) is 24.3 Å². The van der Waals surface area contributed by atoms with Gasteiger partial charge in [0, 0.05) is 5.56 Å². The molecule has 0 spiro atoms. The molecular formula is C13H16O. The highest BCUT2D eigenvalue weighted by molar-refractivity contribution is 5.36. The number of benzene rings is 1. The van der Waals surface area contributed by atoms with E-state index >= 15 is 0 Å². The molecule has 0 fully saturated rings. The van der Waals surface area contributed by atoms with Gasteiger partial charge in [-0.05, 0) is 36.6 Å². The molecule has 0 aromatic heterocycles. The van der Waals surface area contributed by atoms with Crippen LogP contribution in [-0.4, -0.2) is 6.61 Å². The lowest BCUT2D eigenvalue weighted by Gasteiger charge is -2.07. The van der Waals surface area contributed by atoms with Gasteiger partial charge < -0.3 is 4.74 Å². The van der Waals surface area contributed by atoms with Crippen molar-refractivity contribution in [2.24, 2.45) is 5.92 Å². The Labute approximate surface area is 86.1 Å². The van der Waals surface area contributed by atoms with Gasteiger partial charge in [0.05, 0.1) is 6.61 Å². The third-order valence-corrected chi connectivity index (χ3v) is 1.98. The number of hydrogen-bond donors (Lipinski definition) is 0. The molecule has 0 bridgehead atoms. The average Bonchev–Trinajstić information content (AvgIpc) is 2.18. The number of terminal acetylenes is 1. The van der Waals surface area contributed by atoms with Crippen LogP contribution < -0.4 is 4.74 Å². The first-order chi connectivity index (χ1) is 6.72. The quantitative estimate of drug-likeness (QED) is 0.660. The molecule has 0 saturated carbocycles. The van der Waals surface area contributed by atoms with Crippen molar-refractivity contribution in [2.75, 3.05) is 6.61 Å². The van der Waals surface area contributed by atoms with E-state index in [4.69, 9.17) is 11.2 Å². The molecule has 0 aliphatic rings. The Hall–Kier alpha value is -1.42. The van der Waals surface area contributed by atoms with E-state index in [9.17, 15) is 0 Å². The summed E-state index contributed by atoms with van der Waals surface area (Å²) < 4.78 is 5.55. The van der Waals surface area contributed by atoms with E-state index in [0.717, 1.165) is 24.3 Å². The predicted molar refractivity (Wildman–Crippen MR) is 59.3 cm³/mol. The summed E-state index contributed by atoms with van der Waals surface area (Å²) in [6.45, 7) is 5.14. The SMILES string of the molecule is C#Cc1ccc(OCCC(C)C)cc1. The third kappa shape index (κ3) is 3.53. The molecular weight excluding hydrogens is 172 g/mol. The monoisotopic (exact) mass is 188 g/mol. The Morgan fingerprint density at radius 1 is 1.29 bits per heavy atom. The minimum Gasteiger partial charge on any atom is -0.494 e. The van der Waals surface area contributed by atoms with Crippen LogP contribution in [0.15, 0.2) is 24.3 Å². The fraction of sp³-hybridized carbons (Fsp3) is 0.385. The first-order valence-electron chi connectivity index (χ1n) is 4.92. The lowest BCUT2D eigenvalue weighted by molar-refractivity contribution is 0.289. The maximum absolute atomic E-state index is 5.55. The van der Waals surface area contributed by atoms with Crippen molar-refractivity contribution in [1.82, 2.24) is 0 Å². The first-order valence-corrected chi connectivity index (χ1v) is 4.92. The molecule has 74 valence electrons. The molecule has 0 aliphatic heterocycles. The molecule has 0 aliphatic carbocycles. The van der Waals surface area contributed by atoms with Crippen LogP contribution in [0.2, 0.25) is 0 Å². The number of rotatable bonds is 4. The summed E-state index contributed by atoms with van der Waals surface area (Å²) in [5, 5.41) is 0. The molecule has 1 rings (SSSR count). The van der Waals surface area contributed by atoms with Crippen LogP contribution in [0, 0.1) is 18.3 Å². The molecule has 0 atom stereocenters. The van der Waals surface area contributed by atoms with Crippen molar-refractivity contribution in [3.8, 4) is 18.1 Å². The van der Waals surface area contributed by atoms with Crippen LogP contribution in [0.1, 0.15) is 25.8 Å². The summed E-state index contributed by atoms with van der Waals surface area (Å²) in [6.07, 6.45) is 6.33. The molecule has 0 heterocycles. The van der Waals surface area contributed by atoms with Crippen molar-refractivity contribution in [3.63, 3.8) is 0 Å². The Bertz CT molecular complexity index is 303. The van der Waals surface area contributed by atoms with Crippen LogP contribution in [0.4, 0.5) is 0 Å². The Morgan fingerprint density at radius 2 is 1.93 bits per heavy atom. The van der Waals surface area contributed by atoms with Crippen LogP contribution >= 0.6 is 0 Å². The summed E-state index contributed by atoms with van der Waals surface area (Å²) in [4.78, 5) is 0. The molecule has 1 heteroatoms. The van der Waals surface area contributed by atoms with Crippen molar-refractivity contribution in [2.45, 2.75) is 20.3 Å². The van der Waals surface area contributed by atoms with Gasteiger partial charge >= 0.3 is 0 Å². The fourth-order valence-corrected chi connectivity index (χ4v) is 1.06. The van der Waals surface area contributed by atoms with Gasteiger partial charge in [-0.2, -0.15) is 0 Å². The largest absolute Gasteiger partial charge is 0.494 e. The van der Waals surface area contributed by atoms with Gasteiger partial charge in [-0.15, -0.1) is 6.42 Å². The summed E-state index contributed by atoms with van der Waals surface area (Å²) in [6, 6.07) is 7.61. The second kappa shape index (κ2) is 5.34. The van der Waals surface area contributed by atoms with E-state index in [1.165, 1.54) is 0 Å². The minimum absolute atomic E-state index is 0.681. The summed E-state index contributed by atoms with van der Waals surface area (Å²) in [7, 11) is 0. The first kappa shape index (κ1) is 10.7. The lowest BCUT2D eigenvalue weighted by atomic mass is 10.1. The molecule has 1 nitrogen and oxygen atoms in total. The standard InChI is InChI=1S/C13H16O/c1-4-12-5-7-13(8-6-12)14-10-9-11(2)3/h1,5-8,11H,9-10H2,2-3H3. The third-order valence-electron chi connectivity index (χ3n) is 1.98. The van der Waals surface area contributed by atoms with Gasteiger partial charge in [-0.1, -0.05) is 19.8 Å². The van der Waals surface area contributed by atoms with Gasteiger partial charge in [-0.25, -0.2) is 0 Å². The fourth-order valence-electron chi connectivity index (χ4n) is 1.06. The molecule has 14 heavy (non-hydrogen) atoms. The Morgan fingerprint density at radius 3 is 2.43 bits per heavy atom. The Balaban J connectivity index is 2.41. The van der Waals surface area contributed by atoms with Crippen LogP contribution in [0.5, 0.6) is 5.75 Å². The minimum atomic E-state index is 0.681. The molecule has 0 radical (unpaired) electrons. The molecule has 1 aromatic rings. The van der Waals surface area contributed by atoms with Crippen LogP contribution in [0.3, 0.4) is 0 Å². The lowest BCUT2D eigenvalue weighted by Crippen LogP contribution is -2.01. The topological polar surface area (TPSA) is 9.23 Å². The number of ether oxygens (including phenoxy) is 1. The van der Waals surface area contributed by atoms with Crippen LogP contribution in [-0.2, 0) is 0 Å². The summed E-state index contributed by atoms with van der Waals surface area (Å²) in [5.41, 5.74) is 0.890. The van der Waals surface area contributed by atoms with Crippen LogP contribution in [0.25, 0.3) is 0 Å². The smallest absolute Gasteiger partial charge is 0.119 e. The van der Waals surface area contributed by atoms with Gasteiger partial charge in [-0.3, -0.25) is 0 Å². The zero-order valence-electron chi connectivity index (χ0n) is 8.79. The second-order valence-electron chi connectivity index (χ2n) is 3.70. The van der Waals surface area contributed by atoms with E-state index in [-0.39, 0.29) is 0 Å². The van der Waals surface area contributed by atoms with Crippen molar-refractivity contribution >= 4 is 0 Å². The molecule has 0 unspecified atom stereocenters. The van der Waals surface area contributed by atoms with Crippen molar-refractivity contribution in [1.29, 1.82) is 0 Å². The van der Waals surface area contributed by atoms with Gasteiger partial charge in [0.25, 0.3) is 0 Å². The molecule has 0 saturated heterocycles.